The van der Waals surface area contributed by atoms with Gasteiger partial charge in [-0.2, -0.15) is 9.97 Å². The summed E-state index contributed by atoms with van der Waals surface area (Å²) in [4.78, 5) is 20.7. The average Bonchev–Trinajstić information content (AvgIpc) is 3.91. The number of fused-ring (bicyclic) bond motifs is 7. The number of para-hydroxylation sites is 6. The second-order valence-corrected chi connectivity index (χ2v) is 13.1. The molecule has 0 bridgehead atoms. The van der Waals surface area contributed by atoms with Crippen LogP contribution in [0.5, 0.6) is 0 Å². The van der Waals surface area contributed by atoms with Gasteiger partial charge in [0.2, 0.25) is 5.95 Å². The first-order valence-corrected chi connectivity index (χ1v) is 17.6. The minimum Gasteiger partial charge on any atom is -0.455 e. The van der Waals surface area contributed by atoms with Gasteiger partial charge in [0, 0.05) is 38.4 Å². The van der Waals surface area contributed by atoms with Crippen LogP contribution in [0.4, 0.5) is 0 Å². The van der Waals surface area contributed by atoms with Crippen LogP contribution in [0.15, 0.2) is 174 Å². The SMILES string of the molecule is c1ccc(-c2nc(-c3cccc4oc5c(-c6nc7ccccc7n6-c6ccccc6)cccc5c34)nc(-n3c4ccccc4c4ccccc43)n2)cc1. The zero-order chi connectivity index (χ0) is 34.9. The van der Waals surface area contributed by atoms with Gasteiger partial charge in [-0.15, -0.1) is 0 Å². The Morgan fingerprint density at radius 2 is 1.02 bits per heavy atom. The summed E-state index contributed by atoms with van der Waals surface area (Å²) in [6.07, 6.45) is 0. The number of benzene rings is 7. The van der Waals surface area contributed by atoms with Crippen LogP contribution >= 0.6 is 0 Å². The molecule has 0 spiro atoms. The Morgan fingerprint density at radius 3 is 1.79 bits per heavy atom. The molecule has 0 N–H and O–H groups in total. The number of nitrogens with zero attached hydrogens (tertiary/aromatic N) is 6. The summed E-state index contributed by atoms with van der Waals surface area (Å²) in [5.74, 6) is 2.51. The molecule has 0 aliphatic carbocycles. The normalized spacial score (nSPS) is 11.8. The highest BCUT2D eigenvalue weighted by atomic mass is 16.3. The van der Waals surface area contributed by atoms with Gasteiger partial charge in [0.05, 0.1) is 27.6 Å². The van der Waals surface area contributed by atoms with E-state index >= 15 is 0 Å². The molecule has 7 aromatic carbocycles. The van der Waals surface area contributed by atoms with E-state index in [4.69, 9.17) is 24.4 Å². The van der Waals surface area contributed by atoms with Crippen molar-refractivity contribution in [2.24, 2.45) is 0 Å². The van der Waals surface area contributed by atoms with Crippen molar-refractivity contribution < 1.29 is 4.42 Å². The van der Waals surface area contributed by atoms with Gasteiger partial charge in [0.25, 0.3) is 0 Å². The van der Waals surface area contributed by atoms with E-state index in [2.05, 4.69) is 106 Å². The molecule has 0 atom stereocenters. The van der Waals surface area contributed by atoms with E-state index < -0.39 is 0 Å². The average molecular weight is 681 g/mol. The lowest BCUT2D eigenvalue weighted by atomic mass is 10.0. The molecule has 0 aliphatic heterocycles. The molecule has 0 amide bonds. The fourth-order valence-electron chi connectivity index (χ4n) is 7.69. The number of aromatic nitrogens is 6. The molecular formula is C46H28N6O. The molecule has 11 rings (SSSR count). The molecule has 7 heteroatoms. The monoisotopic (exact) mass is 680 g/mol. The van der Waals surface area contributed by atoms with Gasteiger partial charge in [-0.05, 0) is 48.5 Å². The minimum absolute atomic E-state index is 0.549. The quantitative estimate of drug-likeness (QED) is 0.181. The Labute approximate surface area is 303 Å². The Morgan fingerprint density at radius 1 is 0.415 bits per heavy atom. The van der Waals surface area contributed by atoms with E-state index in [9.17, 15) is 0 Å². The van der Waals surface area contributed by atoms with Crippen LogP contribution in [0.3, 0.4) is 0 Å². The smallest absolute Gasteiger partial charge is 0.238 e. The van der Waals surface area contributed by atoms with Gasteiger partial charge >= 0.3 is 0 Å². The number of hydrogen-bond acceptors (Lipinski definition) is 5. The van der Waals surface area contributed by atoms with Crippen molar-refractivity contribution in [3.63, 3.8) is 0 Å². The highest BCUT2D eigenvalue weighted by molar-refractivity contribution is 6.15. The Hall–Kier alpha value is -7.38. The summed E-state index contributed by atoms with van der Waals surface area (Å²) < 4.78 is 11.1. The highest BCUT2D eigenvalue weighted by Gasteiger charge is 2.23. The van der Waals surface area contributed by atoms with Crippen molar-refractivity contribution in [2.75, 3.05) is 0 Å². The van der Waals surface area contributed by atoms with Gasteiger partial charge in [-0.3, -0.25) is 9.13 Å². The third kappa shape index (κ3) is 4.54. The Bertz CT molecular complexity index is 3120. The van der Waals surface area contributed by atoms with Crippen molar-refractivity contribution in [3.05, 3.63) is 170 Å². The largest absolute Gasteiger partial charge is 0.455 e. The first-order valence-electron chi connectivity index (χ1n) is 17.6. The molecule has 53 heavy (non-hydrogen) atoms. The van der Waals surface area contributed by atoms with E-state index in [0.717, 1.165) is 83.0 Å². The predicted molar refractivity (Wildman–Crippen MR) is 212 cm³/mol. The first-order chi connectivity index (χ1) is 26.3. The number of imidazole rings is 1. The molecule has 0 fully saturated rings. The molecule has 11 aromatic rings. The van der Waals surface area contributed by atoms with Gasteiger partial charge in [0.1, 0.15) is 17.0 Å². The minimum atomic E-state index is 0.549. The van der Waals surface area contributed by atoms with E-state index in [1.807, 2.05) is 72.8 Å². The van der Waals surface area contributed by atoms with E-state index in [-0.39, 0.29) is 0 Å². The third-order valence-corrected chi connectivity index (χ3v) is 10.0. The van der Waals surface area contributed by atoms with Gasteiger partial charge in [0.15, 0.2) is 11.6 Å². The topological polar surface area (TPSA) is 74.6 Å². The maximum atomic E-state index is 6.79. The van der Waals surface area contributed by atoms with Crippen molar-refractivity contribution >= 4 is 54.8 Å². The third-order valence-electron chi connectivity index (χ3n) is 10.0. The van der Waals surface area contributed by atoms with Crippen molar-refractivity contribution in [1.82, 2.24) is 29.1 Å². The van der Waals surface area contributed by atoms with Crippen molar-refractivity contribution in [1.29, 1.82) is 0 Å². The zero-order valence-corrected chi connectivity index (χ0v) is 28.3. The maximum absolute atomic E-state index is 6.79. The van der Waals surface area contributed by atoms with Gasteiger partial charge < -0.3 is 4.42 Å². The van der Waals surface area contributed by atoms with Crippen LogP contribution in [0.25, 0.3) is 101 Å². The maximum Gasteiger partial charge on any atom is 0.238 e. The number of hydrogen-bond donors (Lipinski definition) is 0. The Balaban J connectivity index is 1.18. The summed E-state index contributed by atoms with van der Waals surface area (Å²) in [6.45, 7) is 0. The second-order valence-electron chi connectivity index (χ2n) is 13.1. The molecule has 7 nitrogen and oxygen atoms in total. The summed E-state index contributed by atoms with van der Waals surface area (Å²) in [5.41, 5.74) is 9.19. The van der Waals surface area contributed by atoms with Crippen LogP contribution < -0.4 is 0 Å². The lowest BCUT2D eigenvalue weighted by molar-refractivity contribution is 0.669. The molecule has 0 aliphatic rings. The number of furan rings is 1. The molecule has 0 saturated carbocycles. The molecule has 4 heterocycles. The highest BCUT2D eigenvalue weighted by Crippen LogP contribution is 2.41. The molecule has 248 valence electrons. The standard InChI is InChI=1S/C46H28N6O/c1-3-15-29(16-4-1)43-48-44(50-46(49-43)52-37-25-10-7-19-31(37)32-20-8-11-26-38(32)52)34-22-14-28-40-41(34)33-21-13-23-35(42(33)53-40)45-47-36-24-9-12-27-39(36)51(45)30-17-5-2-6-18-30/h1-28H. The van der Waals surface area contributed by atoms with E-state index in [1.54, 1.807) is 0 Å². The van der Waals surface area contributed by atoms with Crippen LogP contribution in [-0.2, 0) is 0 Å². The van der Waals surface area contributed by atoms with Crippen LogP contribution in [0.1, 0.15) is 0 Å². The van der Waals surface area contributed by atoms with Crippen molar-refractivity contribution in [3.8, 4) is 45.8 Å². The molecular weight excluding hydrogens is 653 g/mol. The molecule has 4 aromatic heterocycles. The number of rotatable bonds is 5. The fourth-order valence-corrected chi connectivity index (χ4v) is 7.69. The molecule has 0 saturated heterocycles. The zero-order valence-electron chi connectivity index (χ0n) is 28.3. The van der Waals surface area contributed by atoms with Gasteiger partial charge in [-0.1, -0.05) is 121 Å². The summed E-state index contributed by atoms with van der Waals surface area (Å²) >= 11 is 0. The predicted octanol–water partition coefficient (Wildman–Crippen LogP) is 11.2. The summed E-state index contributed by atoms with van der Waals surface area (Å²) in [6, 6.07) is 57.8. The Kier molecular flexibility index (Phi) is 6.42. The summed E-state index contributed by atoms with van der Waals surface area (Å²) in [7, 11) is 0. The molecule has 0 radical (unpaired) electrons. The van der Waals surface area contributed by atoms with Crippen LogP contribution in [0.2, 0.25) is 0 Å². The molecule has 0 unspecified atom stereocenters. The van der Waals surface area contributed by atoms with Gasteiger partial charge in [-0.25, -0.2) is 9.97 Å². The van der Waals surface area contributed by atoms with Crippen LogP contribution in [0, 0.1) is 0 Å². The lowest BCUT2D eigenvalue weighted by Crippen LogP contribution is -2.06. The van der Waals surface area contributed by atoms with E-state index in [1.165, 1.54) is 0 Å². The van der Waals surface area contributed by atoms with Crippen molar-refractivity contribution in [2.45, 2.75) is 0 Å². The lowest BCUT2D eigenvalue weighted by Gasteiger charge is -2.11. The van der Waals surface area contributed by atoms with E-state index in [0.29, 0.717) is 17.6 Å². The summed E-state index contributed by atoms with van der Waals surface area (Å²) in [5, 5.41) is 4.18. The fraction of sp³-hybridized carbons (Fsp3) is 0. The second kappa shape index (κ2) is 11.6. The first kappa shape index (κ1) is 29.4. The van der Waals surface area contributed by atoms with Crippen LogP contribution in [-0.4, -0.2) is 29.1 Å².